The fourth-order valence-corrected chi connectivity index (χ4v) is 1.68. The minimum absolute atomic E-state index is 0.133. The van der Waals surface area contributed by atoms with Crippen molar-refractivity contribution in [1.29, 1.82) is 0 Å². The van der Waals surface area contributed by atoms with Gasteiger partial charge in [0.15, 0.2) is 6.04 Å². The number of benzene rings is 1. The normalized spacial score (nSPS) is 11.3. The third kappa shape index (κ3) is 4.55. The molecule has 0 aliphatic heterocycles. The second-order valence-electron chi connectivity index (χ2n) is 3.89. The quantitative estimate of drug-likeness (QED) is 0.631. The molecular formula is C13H14ClNO5. The van der Waals surface area contributed by atoms with Gasteiger partial charge in [0.1, 0.15) is 18.6 Å². The van der Waals surface area contributed by atoms with Crippen molar-refractivity contribution in [1.82, 2.24) is 5.32 Å². The molecule has 0 bridgehead atoms. The molecule has 0 aliphatic rings. The van der Waals surface area contributed by atoms with E-state index in [0.29, 0.717) is 17.6 Å². The van der Waals surface area contributed by atoms with Crippen LogP contribution in [0.25, 0.3) is 0 Å². The molecule has 7 heteroatoms. The lowest BCUT2D eigenvalue weighted by Gasteiger charge is -2.16. The van der Waals surface area contributed by atoms with E-state index in [1.807, 2.05) is 0 Å². The third-order valence-electron chi connectivity index (χ3n) is 2.36. The van der Waals surface area contributed by atoms with E-state index in [4.69, 9.17) is 16.3 Å². The van der Waals surface area contributed by atoms with Gasteiger partial charge in [-0.25, -0.2) is 4.79 Å². The number of carbonyl (C=O) groups is 3. The number of methoxy groups -OCH3 is 1. The second kappa shape index (κ2) is 7.49. The number of hydrogen-bond acceptors (Lipinski definition) is 5. The Labute approximate surface area is 121 Å². The van der Waals surface area contributed by atoms with Crippen molar-refractivity contribution >= 4 is 29.8 Å². The van der Waals surface area contributed by atoms with Crippen molar-refractivity contribution < 1.29 is 23.9 Å². The van der Waals surface area contributed by atoms with Crippen molar-refractivity contribution in [3.05, 3.63) is 28.8 Å². The van der Waals surface area contributed by atoms with Crippen molar-refractivity contribution in [2.45, 2.75) is 13.0 Å². The molecule has 0 fully saturated rings. The first kappa shape index (κ1) is 16.0. The van der Waals surface area contributed by atoms with Crippen LogP contribution in [-0.2, 0) is 14.3 Å². The molecule has 1 N–H and O–H groups in total. The summed E-state index contributed by atoms with van der Waals surface area (Å²) in [4.78, 5) is 33.0. The van der Waals surface area contributed by atoms with E-state index in [1.54, 1.807) is 0 Å². The van der Waals surface area contributed by atoms with Crippen LogP contribution in [0.5, 0.6) is 5.75 Å². The van der Waals surface area contributed by atoms with Crippen molar-refractivity contribution in [3.63, 3.8) is 0 Å². The van der Waals surface area contributed by atoms with E-state index < -0.39 is 12.0 Å². The summed E-state index contributed by atoms with van der Waals surface area (Å²) in [7, 11) is 1.21. The number of aldehydes is 1. The predicted octanol–water partition coefficient (Wildman–Crippen LogP) is 1.21. The predicted molar refractivity (Wildman–Crippen MR) is 72.0 cm³/mol. The first-order valence-corrected chi connectivity index (χ1v) is 6.08. The maximum atomic E-state index is 11.5. The molecule has 0 aliphatic carbocycles. The van der Waals surface area contributed by atoms with E-state index in [-0.39, 0.29) is 17.5 Å². The summed E-state index contributed by atoms with van der Waals surface area (Å²) in [6, 6.07) is 3.54. The van der Waals surface area contributed by atoms with Gasteiger partial charge < -0.3 is 14.8 Å². The third-order valence-corrected chi connectivity index (χ3v) is 2.66. The molecule has 1 aromatic carbocycles. The molecule has 6 nitrogen and oxygen atoms in total. The Hall–Kier alpha value is -2.08. The number of halogens is 1. The molecule has 0 spiro atoms. The molecule has 108 valence electrons. The smallest absolute Gasteiger partial charge is 0.331 e. The van der Waals surface area contributed by atoms with Gasteiger partial charge in [0.05, 0.1) is 12.1 Å². The monoisotopic (exact) mass is 299 g/mol. The van der Waals surface area contributed by atoms with Crippen LogP contribution < -0.4 is 10.1 Å². The highest BCUT2D eigenvalue weighted by Crippen LogP contribution is 2.25. The number of rotatable bonds is 6. The zero-order valence-corrected chi connectivity index (χ0v) is 11.8. The number of amides is 1. The molecule has 0 radical (unpaired) electrons. The Morgan fingerprint density at radius 1 is 1.45 bits per heavy atom. The lowest BCUT2D eigenvalue weighted by atomic mass is 10.2. The maximum absolute atomic E-state index is 11.5. The fraction of sp³-hybridized carbons (Fsp3) is 0.308. The highest BCUT2D eigenvalue weighted by atomic mass is 35.5. The Morgan fingerprint density at radius 3 is 2.65 bits per heavy atom. The van der Waals surface area contributed by atoms with Crippen LogP contribution in [0.15, 0.2) is 18.2 Å². The zero-order valence-electron chi connectivity index (χ0n) is 11.0. The van der Waals surface area contributed by atoms with E-state index in [2.05, 4.69) is 10.1 Å². The highest BCUT2D eigenvalue weighted by Gasteiger charge is 2.21. The molecule has 1 amide bonds. The van der Waals surface area contributed by atoms with Crippen LogP contribution in [0.1, 0.15) is 17.3 Å². The van der Waals surface area contributed by atoms with Crippen molar-refractivity contribution in [2.24, 2.45) is 0 Å². The minimum Gasteiger partial charge on any atom is -0.489 e. The van der Waals surface area contributed by atoms with E-state index in [1.165, 1.54) is 32.2 Å². The van der Waals surface area contributed by atoms with Crippen LogP contribution in [-0.4, -0.2) is 37.9 Å². The number of hydrogen-bond donors (Lipinski definition) is 1. The zero-order chi connectivity index (χ0) is 15.1. The minimum atomic E-state index is -0.931. The first-order valence-electron chi connectivity index (χ1n) is 5.70. The first-order chi connectivity index (χ1) is 9.47. The molecule has 0 saturated heterocycles. The Morgan fingerprint density at radius 2 is 2.15 bits per heavy atom. The van der Waals surface area contributed by atoms with Gasteiger partial charge >= 0.3 is 5.97 Å². The topological polar surface area (TPSA) is 81.7 Å². The summed E-state index contributed by atoms with van der Waals surface area (Å²) in [6.45, 7) is 1.15. The second-order valence-corrected chi connectivity index (χ2v) is 4.30. The number of esters is 1. The van der Waals surface area contributed by atoms with E-state index >= 15 is 0 Å². The summed E-state index contributed by atoms with van der Waals surface area (Å²) in [5.41, 5.74) is 0.411. The number of ether oxygens (including phenoxy) is 2. The van der Waals surface area contributed by atoms with Crippen molar-refractivity contribution in [3.8, 4) is 5.75 Å². The van der Waals surface area contributed by atoms with Gasteiger partial charge in [-0.15, -0.1) is 0 Å². The summed E-state index contributed by atoms with van der Waals surface area (Å²) < 4.78 is 9.91. The lowest BCUT2D eigenvalue weighted by Crippen LogP contribution is -2.44. The van der Waals surface area contributed by atoms with Gasteiger partial charge in [-0.1, -0.05) is 11.6 Å². The van der Waals surface area contributed by atoms with Crippen LogP contribution in [0.3, 0.4) is 0 Å². The summed E-state index contributed by atoms with van der Waals surface area (Å²) in [5.74, 6) is -0.705. The molecule has 20 heavy (non-hydrogen) atoms. The molecule has 0 heterocycles. The van der Waals surface area contributed by atoms with E-state index in [0.717, 1.165) is 0 Å². The molecule has 1 atom stereocenters. The van der Waals surface area contributed by atoms with Crippen molar-refractivity contribution in [2.75, 3.05) is 13.7 Å². The van der Waals surface area contributed by atoms with Gasteiger partial charge in [0.25, 0.3) is 0 Å². The Balaban J connectivity index is 2.74. The molecule has 1 unspecified atom stereocenters. The fourth-order valence-electron chi connectivity index (χ4n) is 1.44. The molecule has 0 aromatic heterocycles. The summed E-state index contributed by atoms with van der Waals surface area (Å²) >= 11 is 5.92. The molecule has 1 rings (SSSR count). The van der Waals surface area contributed by atoms with Crippen LogP contribution >= 0.6 is 11.6 Å². The van der Waals surface area contributed by atoms with Gasteiger partial charge in [-0.3, -0.25) is 9.59 Å². The molecule has 0 saturated carbocycles. The Kier molecular flexibility index (Phi) is 5.99. The number of nitrogens with one attached hydrogen (secondary N) is 1. The average molecular weight is 300 g/mol. The van der Waals surface area contributed by atoms with Crippen LogP contribution in [0.4, 0.5) is 0 Å². The molecular weight excluding hydrogens is 286 g/mol. The van der Waals surface area contributed by atoms with E-state index in [9.17, 15) is 14.4 Å². The van der Waals surface area contributed by atoms with Gasteiger partial charge in [-0.05, 0) is 18.2 Å². The number of carbonyl (C=O) groups excluding carboxylic acids is 3. The average Bonchev–Trinajstić information content (AvgIpc) is 2.43. The Bertz CT molecular complexity index is 517. The van der Waals surface area contributed by atoms with Gasteiger partial charge in [0, 0.05) is 12.5 Å². The van der Waals surface area contributed by atoms with Crippen LogP contribution in [0.2, 0.25) is 5.02 Å². The summed E-state index contributed by atoms with van der Waals surface area (Å²) in [5, 5.41) is 2.64. The standard InChI is InChI=1S/C13H14ClNO5/c1-8(17)15-11(13(18)19-2)7-20-12-4-3-9(6-16)5-10(12)14/h3-6,11H,7H2,1-2H3,(H,15,17). The van der Waals surface area contributed by atoms with Gasteiger partial charge in [-0.2, -0.15) is 0 Å². The highest BCUT2D eigenvalue weighted by molar-refractivity contribution is 6.32. The molecule has 1 aromatic rings. The lowest BCUT2D eigenvalue weighted by molar-refractivity contribution is -0.145. The van der Waals surface area contributed by atoms with Gasteiger partial charge in [0.2, 0.25) is 5.91 Å². The maximum Gasteiger partial charge on any atom is 0.331 e. The van der Waals surface area contributed by atoms with Crippen LogP contribution in [0, 0.1) is 0 Å². The largest absolute Gasteiger partial charge is 0.489 e. The SMILES string of the molecule is COC(=O)C(COc1ccc(C=O)cc1Cl)NC(C)=O. The summed E-state index contributed by atoms with van der Waals surface area (Å²) in [6.07, 6.45) is 0.657.